The van der Waals surface area contributed by atoms with Crippen LogP contribution in [0, 0.1) is 0 Å². The van der Waals surface area contributed by atoms with E-state index >= 15 is 0 Å². The molecule has 0 fully saturated rings. The molecule has 1 aliphatic rings. The van der Waals surface area contributed by atoms with Crippen molar-refractivity contribution in [1.82, 2.24) is 0 Å². The molecular formula is C54H39N. The first-order valence-corrected chi connectivity index (χ1v) is 19.2. The molecule has 0 heterocycles. The van der Waals surface area contributed by atoms with E-state index in [2.05, 4.69) is 223 Å². The molecule has 1 unspecified atom stereocenters. The summed E-state index contributed by atoms with van der Waals surface area (Å²) in [5, 5.41) is 7.55. The second kappa shape index (κ2) is 14.1. The van der Waals surface area contributed by atoms with E-state index in [1.165, 1.54) is 76.8 Å². The van der Waals surface area contributed by atoms with Gasteiger partial charge in [-0.25, -0.2) is 0 Å². The molecule has 260 valence electrons. The van der Waals surface area contributed by atoms with Crippen LogP contribution in [0.5, 0.6) is 0 Å². The van der Waals surface area contributed by atoms with Gasteiger partial charge < -0.3 is 4.90 Å². The molecule has 1 aliphatic carbocycles. The Labute approximate surface area is 322 Å². The third kappa shape index (κ3) is 6.30. The average Bonchev–Trinajstić information content (AvgIpc) is 3.26. The molecule has 0 spiro atoms. The number of anilines is 2. The minimum atomic E-state index is 0.0316. The van der Waals surface area contributed by atoms with E-state index in [1.54, 1.807) is 0 Å². The lowest BCUT2D eigenvalue weighted by Gasteiger charge is -2.38. The highest BCUT2D eigenvalue weighted by atomic mass is 15.2. The summed E-state index contributed by atoms with van der Waals surface area (Å²) in [6.45, 7) is 0. The van der Waals surface area contributed by atoms with E-state index in [9.17, 15) is 0 Å². The maximum absolute atomic E-state index is 2.57. The number of benzene rings is 9. The van der Waals surface area contributed by atoms with Crippen molar-refractivity contribution >= 4 is 54.8 Å². The van der Waals surface area contributed by atoms with E-state index in [4.69, 9.17) is 0 Å². The van der Waals surface area contributed by atoms with Gasteiger partial charge in [0.05, 0.1) is 6.04 Å². The second-order valence-electron chi connectivity index (χ2n) is 14.5. The van der Waals surface area contributed by atoms with Crippen LogP contribution in [-0.2, 0) is 0 Å². The van der Waals surface area contributed by atoms with Crippen LogP contribution in [0.15, 0.2) is 218 Å². The van der Waals surface area contributed by atoms with Crippen LogP contribution in [0.2, 0.25) is 0 Å². The summed E-state index contributed by atoms with van der Waals surface area (Å²) < 4.78 is 0. The Bertz CT molecular complexity index is 2890. The summed E-state index contributed by atoms with van der Waals surface area (Å²) in [6, 6.07) is 75.5. The van der Waals surface area contributed by atoms with Crippen molar-refractivity contribution in [2.24, 2.45) is 0 Å². The van der Waals surface area contributed by atoms with Gasteiger partial charge >= 0.3 is 0 Å². The molecule has 10 rings (SSSR count). The molecule has 0 radical (unpaired) electrons. The third-order valence-corrected chi connectivity index (χ3v) is 11.2. The maximum Gasteiger partial charge on any atom is 0.0637 e. The van der Waals surface area contributed by atoms with Gasteiger partial charge in [0, 0.05) is 11.4 Å². The molecule has 55 heavy (non-hydrogen) atoms. The highest BCUT2D eigenvalue weighted by Crippen LogP contribution is 2.43. The first kappa shape index (κ1) is 32.7. The molecule has 9 aromatic carbocycles. The summed E-state index contributed by atoms with van der Waals surface area (Å²) in [4.78, 5) is 2.57. The quantitative estimate of drug-likeness (QED) is 0.160. The zero-order valence-electron chi connectivity index (χ0n) is 30.5. The highest BCUT2D eigenvalue weighted by Gasteiger charge is 2.29. The monoisotopic (exact) mass is 701 g/mol. The maximum atomic E-state index is 2.57. The Morgan fingerprint density at radius 1 is 0.345 bits per heavy atom. The molecule has 9 aromatic rings. The number of rotatable bonds is 7. The van der Waals surface area contributed by atoms with Crippen LogP contribution in [0.1, 0.15) is 17.5 Å². The van der Waals surface area contributed by atoms with Gasteiger partial charge in [0.1, 0.15) is 0 Å². The van der Waals surface area contributed by atoms with Crippen molar-refractivity contribution in [2.75, 3.05) is 4.90 Å². The molecule has 0 aliphatic heterocycles. The van der Waals surface area contributed by atoms with Gasteiger partial charge in [-0.3, -0.25) is 0 Å². The smallest absolute Gasteiger partial charge is 0.0637 e. The van der Waals surface area contributed by atoms with E-state index < -0.39 is 0 Å². The van der Waals surface area contributed by atoms with Gasteiger partial charge in [0.15, 0.2) is 0 Å². The number of fused-ring (bicyclic) bond motifs is 3. The summed E-state index contributed by atoms with van der Waals surface area (Å²) in [5.74, 6) is 0. The van der Waals surface area contributed by atoms with Crippen LogP contribution < -0.4 is 4.90 Å². The molecule has 0 saturated carbocycles. The predicted octanol–water partition coefficient (Wildman–Crippen LogP) is 14.6. The average molecular weight is 702 g/mol. The molecule has 0 saturated heterocycles. The molecule has 1 atom stereocenters. The fourth-order valence-corrected chi connectivity index (χ4v) is 8.43. The van der Waals surface area contributed by atoms with Crippen molar-refractivity contribution in [1.29, 1.82) is 0 Å². The summed E-state index contributed by atoms with van der Waals surface area (Å²) in [6.07, 6.45) is 5.55. The van der Waals surface area contributed by atoms with Gasteiger partial charge in [-0.1, -0.05) is 182 Å². The van der Waals surface area contributed by atoms with Gasteiger partial charge in [0.2, 0.25) is 0 Å². The number of nitrogens with zero attached hydrogens (tertiary/aromatic N) is 1. The Hall–Kier alpha value is -6.96. The third-order valence-electron chi connectivity index (χ3n) is 11.2. The number of hydrogen-bond donors (Lipinski definition) is 0. The van der Waals surface area contributed by atoms with E-state index in [0.29, 0.717) is 0 Å². The SMILES string of the molecule is C1=C(c2ccc3ccccc3c2)CC(N(c2ccc(-c3cccc4ccccc34)cc2)c2cccc(-c3ccc4ccccc4c3)c2)C(c2ccccc2)=C1. The van der Waals surface area contributed by atoms with Crippen molar-refractivity contribution in [3.05, 3.63) is 230 Å². The van der Waals surface area contributed by atoms with Gasteiger partial charge in [-0.05, 0) is 120 Å². The van der Waals surface area contributed by atoms with E-state index in [1.807, 2.05) is 0 Å². The van der Waals surface area contributed by atoms with Crippen molar-refractivity contribution < 1.29 is 0 Å². The highest BCUT2D eigenvalue weighted by molar-refractivity contribution is 5.97. The molecule has 0 aromatic heterocycles. The van der Waals surface area contributed by atoms with Gasteiger partial charge in [-0.15, -0.1) is 0 Å². The zero-order valence-corrected chi connectivity index (χ0v) is 30.5. The zero-order chi connectivity index (χ0) is 36.6. The van der Waals surface area contributed by atoms with Crippen molar-refractivity contribution in [2.45, 2.75) is 12.5 Å². The number of allylic oxidation sites excluding steroid dienone is 2. The van der Waals surface area contributed by atoms with Crippen LogP contribution in [0.25, 0.3) is 65.7 Å². The lowest BCUT2D eigenvalue weighted by atomic mass is 9.84. The predicted molar refractivity (Wildman–Crippen MR) is 236 cm³/mol. The summed E-state index contributed by atoms with van der Waals surface area (Å²) in [5.41, 5.74) is 12.3. The minimum Gasteiger partial charge on any atom is -0.334 e. The fraction of sp³-hybridized carbons (Fsp3) is 0.0370. The van der Waals surface area contributed by atoms with E-state index in [0.717, 1.165) is 17.8 Å². The van der Waals surface area contributed by atoms with E-state index in [-0.39, 0.29) is 6.04 Å². The summed E-state index contributed by atoms with van der Waals surface area (Å²) >= 11 is 0. The summed E-state index contributed by atoms with van der Waals surface area (Å²) in [7, 11) is 0. The Kier molecular flexibility index (Phi) is 8.39. The van der Waals surface area contributed by atoms with Crippen LogP contribution in [-0.4, -0.2) is 6.04 Å². The molecule has 1 nitrogen and oxygen atoms in total. The van der Waals surface area contributed by atoms with Crippen molar-refractivity contribution in [3.8, 4) is 22.3 Å². The first-order chi connectivity index (χ1) is 27.2. The Morgan fingerprint density at radius 2 is 0.909 bits per heavy atom. The van der Waals surface area contributed by atoms with Gasteiger partial charge in [-0.2, -0.15) is 0 Å². The molecular weight excluding hydrogens is 663 g/mol. The van der Waals surface area contributed by atoms with Crippen LogP contribution >= 0.6 is 0 Å². The van der Waals surface area contributed by atoms with Crippen LogP contribution in [0.4, 0.5) is 11.4 Å². The first-order valence-electron chi connectivity index (χ1n) is 19.2. The minimum absolute atomic E-state index is 0.0316. The van der Waals surface area contributed by atoms with Crippen molar-refractivity contribution in [3.63, 3.8) is 0 Å². The van der Waals surface area contributed by atoms with Gasteiger partial charge in [0.25, 0.3) is 0 Å². The Balaban J connectivity index is 1.13. The molecule has 0 bridgehead atoms. The molecule has 0 N–H and O–H groups in total. The largest absolute Gasteiger partial charge is 0.334 e. The Morgan fingerprint density at radius 3 is 1.67 bits per heavy atom. The van der Waals surface area contributed by atoms with Crippen LogP contribution in [0.3, 0.4) is 0 Å². The molecule has 1 heteroatoms. The lowest BCUT2D eigenvalue weighted by Crippen LogP contribution is -2.33. The lowest BCUT2D eigenvalue weighted by molar-refractivity contribution is 0.813. The molecule has 0 amide bonds. The standard InChI is InChI=1S/C54H39N/c1-2-14-41(15-3-1)53-33-30-48(47-27-25-39-13-5-7-18-44(39)35-47)37-54(53)55(49-31-28-42(29-32-49)52-23-11-19-40-16-8-9-22-51(40)52)50-21-10-20-45(36-50)46-26-24-38-12-4-6-17-43(38)34-46/h1-36,54H,37H2. The fourth-order valence-electron chi connectivity index (χ4n) is 8.43. The normalized spacial score (nSPS) is 14.1. The topological polar surface area (TPSA) is 3.24 Å². The second-order valence-corrected chi connectivity index (χ2v) is 14.5. The number of hydrogen-bond acceptors (Lipinski definition) is 1.